The molecule has 0 bridgehead atoms. The van der Waals surface area contributed by atoms with Gasteiger partial charge >= 0.3 is 5.91 Å². The zero-order valence-electron chi connectivity index (χ0n) is 20.4. The molecule has 0 fully saturated rings. The summed E-state index contributed by atoms with van der Waals surface area (Å²) in [6.45, 7) is 10.1. The molecule has 3 aromatic rings. The van der Waals surface area contributed by atoms with E-state index in [1.54, 1.807) is 17.0 Å². The van der Waals surface area contributed by atoms with Gasteiger partial charge < -0.3 is 5.11 Å². The van der Waals surface area contributed by atoms with Crippen LogP contribution in [0.3, 0.4) is 0 Å². The summed E-state index contributed by atoms with van der Waals surface area (Å²) in [5, 5.41) is 18.5. The molecule has 34 heavy (non-hydrogen) atoms. The lowest BCUT2D eigenvalue weighted by atomic mass is 10.0. The number of hydrogen-bond donors (Lipinski definition) is 0. The van der Waals surface area contributed by atoms with Crippen LogP contribution in [0, 0.1) is 20.8 Å². The average Bonchev–Trinajstić information content (AvgIpc) is 3.23. The molecule has 0 spiro atoms. The van der Waals surface area contributed by atoms with E-state index in [0.717, 1.165) is 23.1 Å². The molecule has 3 heterocycles. The van der Waals surface area contributed by atoms with E-state index >= 15 is 0 Å². The summed E-state index contributed by atoms with van der Waals surface area (Å²) >= 11 is 0. The highest BCUT2D eigenvalue weighted by Gasteiger charge is 2.46. The van der Waals surface area contributed by atoms with Crippen LogP contribution in [0.25, 0.3) is 17.0 Å². The largest absolute Gasteiger partial charge is 0.858 e. The van der Waals surface area contributed by atoms with Crippen molar-refractivity contribution >= 4 is 23.1 Å². The molecule has 1 aliphatic rings. The van der Waals surface area contributed by atoms with Crippen molar-refractivity contribution < 1.29 is 19.3 Å². The molecule has 2 amide bonds. The number of aryl methyl sites for hydroxylation is 4. The minimum absolute atomic E-state index is 0.136. The van der Waals surface area contributed by atoms with E-state index in [1.807, 2.05) is 65.0 Å². The second-order valence-corrected chi connectivity index (χ2v) is 8.85. The Kier molecular flexibility index (Phi) is 6.37. The third-order valence-electron chi connectivity index (χ3n) is 6.08. The van der Waals surface area contributed by atoms with Crippen LogP contribution in [0.15, 0.2) is 42.7 Å². The molecular weight excluding hydrogens is 428 g/mol. The number of carbonyl (C=O) groups excluding carboxylic acids is 2. The molecule has 0 saturated carbocycles. The van der Waals surface area contributed by atoms with Gasteiger partial charge in [0.1, 0.15) is 5.57 Å². The van der Waals surface area contributed by atoms with Crippen molar-refractivity contribution in [2.45, 2.75) is 53.9 Å². The number of carbonyl (C=O) groups is 2. The first-order valence-electron chi connectivity index (χ1n) is 11.7. The van der Waals surface area contributed by atoms with Crippen LogP contribution in [0.4, 0.5) is 0 Å². The average molecular weight is 459 g/mol. The number of rotatable bonds is 7. The van der Waals surface area contributed by atoms with Crippen molar-refractivity contribution in [3.63, 3.8) is 0 Å². The second kappa shape index (κ2) is 9.25. The van der Waals surface area contributed by atoms with Crippen LogP contribution in [0.2, 0.25) is 0 Å². The van der Waals surface area contributed by atoms with Gasteiger partial charge in [0.25, 0.3) is 11.6 Å². The van der Waals surface area contributed by atoms with E-state index in [-0.39, 0.29) is 22.7 Å². The number of pyridine rings is 1. The van der Waals surface area contributed by atoms with Gasteiger partial charge in [0.15, 0.2) is 12.4 Å². The molecule has 2 aromatic heterocycles. The van der Waals surface area contributed by atoms with E-state index in [0.29, 0.717) is 30.8 Å². The number of imide groups is 1. The first-order chi connectivity index (χ1) is 16.3. The Hall–Kier alpha value is -3.74. The van der Waals surface area contributed by atoms with Crippen LogP contribution in [0.5, 0.6) is 5.88 Å². The monoisotopic (exact) mass is 458 g/mol. The third-order valence-corrected chi connectivity index (χ3v) is 6.08. The Balaban J connectivity index is 2.00. The van der Waals surface area contributed by atoms with Gasteiger partial charge in [-0.25, -0.2) is 4.68 Å². The Morgan fingerprint density at radius 3 is 2.26 bits per heavy atom. The molecule has 7 heteroatoms. The maximum atomic E-state index is 13.8. The van der Waals surface area contributed by atoms with Crippen LogP contribution in [0.1, 0.15) is 54.6 Å². The van der Waals surface area contributed by atoms with Gasteiger partial charge in [-0.2, -0.15) is 9.67 Å². The van der Waals surface area contributed by atoms with Crippen molar-refractivity contribution in [1.29, 1.82) is 0 Å². The van der Waals surface area contributed by atoms with Crippen molar-refractivity contribution in [2.24, 2.45) is 0 Å². The SMILES string of the molecule is CCCc1nn(-c2ccc(C)cc2C)c([O-])c1C1=C([n+]2ccc(C)cc2)C(=O)N(CCC)C1=O. The van der Waals surface area contributed by atoms with E-state index in [9.17, 15) is 14.7 Å². The molecule has 0 aliphatic carbocycles. The summed E-state index contributed by atoms with van der Waals surface area (Å²) in [5.74, 6) is -1.21. The number of amides is 2. The standard InChI is InChI=1S/C27H30N4O3/c1-6-8-20-22(26(33)31(28-20)21-10-9-18(4)16-19(21)5)23-24(29-14-11-17(3)12-15-29)27(34)30(13-7-2)25(23)32/h9-12,14-16H,6-8,13H2,1-5H3. The Bertz CT molecular complexity index is 1300. The fraction of sp³-hybridized carbons (Fsp3) is 0.333. The van der Waals surface area contributed by atoms with E-state index in [2.05, 4.69) is 5.10 Å². The van der Waals surface area contributed by atoms with E-state index in [4.69, 9.17) is 0 Å². The molecule has 4 rings (SSSR count). The van der Waals surface area contributed by atoms with Gasteiger partial charge in [0.05, 0.1) is 11.4 Å². The highest BCUT2D eigenvalue weighted by atomic mass is 16.3. The normalized spacial score (nSPS) is 14.0. The molecular formula is C27H30N4O3. The Morgan fingerprint density at radius 1 is 0.941 bits per heavy atom. The molecule has 7 nitrogen and oxygen atoms in total. The van der Waals surface area contributed by atoms with Crippen LogP contribution >= 0.6 is 0 Å². The topological polar surface area (TPSA) is 82.1 Å². The quantitative estimate of drug-likeness (QED) is 0.402. The zero-order valence-corrected chi connectivity index (χ0v) is 20.4. The summed E-state index contributed by atoms with van der Waals surface area (Å²) in [7, 11) is 0. The van der Waals surface area contributed by atoms with Gasteiger partial charge in [0.2, 0.25) is 0 Å². The van der Waals surface area contributed by atoms with Crippen molar-refractivity contribution in [3.8, 4) is 11.6 Å². The first-order valence-corrected chi connectivity index (χ1v) is 11.7. The zero-order chi connectivity index (χ0) is 24.6. The lowest BCUT2D eigenvalue weighted by Crippen LogP contribution is -2.39. The first kappa shape index (κ1) is 23.4. The fourth-order valence-electron chi connectivity index (χ4n) is 4.42. The summed E-state index contributed by atoms with van der Waals surface area (Å²) < 4.78 is 3.02. The minimum atomic E-state index is -0.440. The number of nitrogens with zero attached hydrogens (tertiary/aromatic N) is 4. The van der Waals surface area contributed by atoms with Gasteiger partial charge in [-0.15, -0.1) is 0 Å². The number of hydrogen-bond acceptors (Lipinski definition) is 4. The predicted octanol–water partition coefficient (Wildman–Crippen LogP) is 3.26. The molecule has 1 aromatic carbocycles. The molecule has 0 N–H and O–H groups in total. The lowest BCUT2D eigenvalue weighted by molar-refractivity contribution is -0.577. The second-order valence-electron chi connectivity index (χ2n) is 8.85. The smallest absolute Gasteiger partial charge is 0.326 e. The third kappa shape index (κ3) is 3.91. The predicted molar refractivity (Wildman–Crippen MR) is 128 cm³/mol. The molecule has 1 aliphatic heterocycles. The van der Waals surface area contributed by atoms with Crippen molar-refractivity contribution in [3.05, 3.63) is 70.7 Å². The Morgan fingerprint density at radius 2 is 1.65 bits per heavy atom. The fourth-order valence-corrected chi connectivity index (χ4v) is 4.42. The summed E-state index contributed by atoms with van der Waals surface area (Å²) in [6, 6.07) is 9.54. The molecule has 176 valence electrons. The highest BCUT2D eigenvalue weighted by Crippen LogP contribution is 2.37. The number of benzene rings is 1. The summed E-state index contributed by atoms with van der Waals surface area (Å²) in [5.41, 5.74) is 4.80. The van der Waals surface area contributed by atoms with Crippen LogP contribution in [-0.2, 0) is 16.0 Å². The summed E-state index contributed by atoms with van der Waals surface area (Å²) in [4.78, 5) is 28.2. The number of aromatic nitrogens is 3. The molecule has 0 atom stereocenters. The van der Waals surface area contributed by atoms with E-state index < -0.39 is 11.8 Å². The van der Waals surface area contributed by atoms with Crippen molar-refractivity contribution in [2.75, 3.05) is 6.54 Å². The lowest BCUT2D eigenvalue weighted by Gasteiger charge is -2.16. The maximum Gasteiger partial charge on any atom is 0.326 e. The maximum absolute atomic E-state index is 13.8. The van der Waals surface area contributed by atoms with Gasteiger partial charge in [-0.3, -0.25) is 14.5 Å². The highest BCUT2D eigenvalue weighted by molar-refractivity contribution is 6.44. The van der Waals surface area contributed by atoms with E-state index in [1.165, 1.54) is 9.58 Å². The molecule has 0 saturated heterocycles. The molecule has 0 radical (unpaired) electrons. The molecule has 0 unspecified atom stereocenters. The van der Waals surface area contributed by atoms with Gasteiger partial charge in [0, 0.05) is 24.2 Å². The Labute approximate surface area is 200 Å². The van der Waals surface area contributed by atoms with Crippen LogP contribution in [-0.4, -0.2) is 33.0 Å². The van der Waals surface area contributed by atoms with Gasteiger partial charge in [-0.05, 0) is 56.7 Å². The minimum Gasteiger partial charge on any atom is -0.858 e. The van der Waals surface area contributed by atoms with Crippen molar-refractivity contribution in [1.82, 2.24) is 14.7 Å². The van der Waals surface area contributed by atoms with Gasteiger partial charge in [-0.1, -0.05) is 38.0 Å². The van der Waals surface area contributed by atoms with Crippen LogP contribution < -0.4 is 9.67 Å². The summed E-state index contributed by atoms with van der Waals surface area (Å²) in [6.07, 6.45) is 5.41.